The lowest BCUT2D eigenvalue weighted by Gasteiger charge is -2.04. The minimum absolute atomic E-state index is 0.554. The highest BCUT2D eigenvalue weighted by Crippen LogP contribution is 2.09. The maximum absolute atomic E-state index is 5.74. The fourth-order valence-electron chi connectivity index (χ4n) is 1.61. The third-order valence-electron chi connectivity index (χ3n) is 2.41. The summed E-state index contributed by atoms with van der Waals surface area (Å²) in [7, 11) is 0. The van der Waals surface area contributed by atoms with E-state index >= 15 is 0 Å². The smallest absolute Gasteiger partial charge is 0.135 e. The number of benzene rings is 1. The number of nitrogens with zero attached hydrogens (tertiary/aromatic N) is 2. The van der Waals surface area contributed by atoms with Gasteiger partial charge in [-0.2, -0.15) is 0 Å². The molecule has 0 aliphatic heterocycles. The minimum Gasteiger partial charge on any atom is -0.384 e. The van der Waals surface area contributed by atoms with Crippen molar-refractivity contribution in [2.24, 2.45) is 0 Å². The predicted octanol–water partition coefficient (Wildman–Crippen LogP) is 2.21. The Morgan fingerprint density at radius 3 is 2.56 bits per heavy atom. The van der Waals surface area contributed by atoms with Crippen molar-refractivity contribution >= 4 is 5.82 Å². The molecule has 82 valence electrons. The maximum Gasteiger partial charge on any atom is 0.135 e. The summed E-state index contributed by atoms with van der Waals surface area (Å²) in [6.07, 6.45) is 1.62. The molecule has 0 spiro atoms. The summed E-state index contributed by atoms with van der Waals surface area (Å²) in [6.45, 7) is 2.06. The van der Waals surface area contributed by atoms with E-state index in [9.17, 15) is 0 Å². The van der Waals surface area contributed by atoms with Gasteiger partial charge in [0, 0.05) is 18.2 Å². The second-order valence-electron chi connectivity index (χ2n) is 3.72. The van der Waals surface area contributed by atoms with E-state index in [1.54, 1.807) is 0 Å². The van der Waals surface area contributed by atoms with Crippen LogP contribution in [0.15, 0.2) is 36.4 Å². The Bertz CT molecular complexity index is 466. The zero-order valence-electron chi connectivity index (χ0n) is 9.35. The number of anilines is 1. The number of rotatable bonds is 3. The highest BCUT2D eigenvalue weighted by molar-refractivity contribution is 5.31. The van der Waals surface area contributed by atoms with Crippen LogP contribution in [0.25, 0.3) is 0 Å². The summed E-state index contributed by atoms with van der Waals surface area (Å²) in [5.74, 6) is 1.35. The summed E-state index contributed by atoms with van der Waals surface area (Å²) in [5, 5.41) is 0. The Hall–Kier alpha value is -1.90. The maximum atomic E-state index is 5.74. The molecule has 0 atom stereocenters. The summed E-state index contributed by atoms with van der Waals surface area (Å²) < 4.78 is 0. The van der Waals surface area contributed by atoms with E-state index < -0.39 is 0 Å². The van der Waals surface area contributed by atoms with Gasteiger partial charge in [0.1, 0.15) is 11.6 Å². The molecule has 0 bridgehead atoms. The first-order valence-electron chi connectivity index (χ1n) is 5.44. The third-order valence-corrected chi connectivity index (χ3v) is 2.41. The van der Waals surface area contributed by atoms with Gasteiger partial charge in [-0.3, -0.25) is 0 Å². The molecule has 0 amide bonds. The molecule has 2 N–H and O–H groups in total. The van der Waals surface area contributed by atoms with Gasteiger partial charge in [-0.25, -0.2) is 9.97 Å². The van der Waals surface area contributed by atoms with Gasteiger partial charge in [0.05, 0.1) is 0 Å². The predicted molar refractivity (Wildman–Crippen MR) is 65.1 cm³/mol. The van der Waals surface area contributed by atoms with Gasteiger partial charge in [-0.15, -0.1) is 0 Å². The Kier molecular flexibility index (Phi) is 3.15. The van der Waals surface area contributed by atoms with Crippen LogP contribution in [-0.2, 0) is 12.8 Å². The first-order chi connectivity index (χ1) is 7.78. The second kappa shape index (κ2) is 4.75. The van der Waals surface area contributed by atoms with Crippen molar-refractivity contribution in [3.63, 3.8) is 0 Å². The number of aryl methyl sites for hydroxylation is 1. The Morgan fingerprint density at radius 1 is 1.12 bits per heavy atom. The highest BCUT2D eigenvalue weighted by Gasteiger charge is 2.02. The normalized spacial score (nSPS) is 10.3. The van der Waals surface area contributed by atoms with Gasteiger partial charge in [0.2, 0.25) is 0 Å². The summed E-state index contributed by atoms with van der Waals surface area (Å²) >= 11 is 0. The quantitative estimate of drug-likeness (QED) is 0.850. The molecule has 16 heavy (non-hydrogen) atoms. The van der Waals surface area contributed by atoms with Gasteiger partial charge in [-0.1, -0.05) is 37.3 Å². The molecule has 1 aromatic carbocycles. The van der Waals surface area contributed by atoms with Crippen LogP contribution < -0.4 is 5.73 Å². The first kappa shape index (κ1) is 10.6. The van der Waals surface area contributed by atoms with Gasteiger partial charge in [0.15, 0.2) is 0 Å². The zero-order chi connectivity index (χ0) is 11.4. The van der Waals surface area contributed by atoms with Gasteiger partial charge >= 0.3 is 0 Å². The lowest BCUT2D eigenvalue weighted by atomic mass is 10.1. The van der Waals surface area contributed by atoms with Crippen LogP contribution in [0, 0.1) is 0 Å². The molecule has 0 unspecified atom stereocenters. The van der Waals surface area contributed by atoms with Gasteiger partial charge in [0.25, 0.3) is 0 Å². The largest absolute Gasteiger partial charge is 0.384 e. The minimum atomic E-state index is 0.554. The van der Waals surface area contributed by atoms with Crippen molar-refractivity contribution in [1.29, 1.82) is 0 Å². The molecule has 0 saturated carbocycles. The van der Waals surface area contributed by atoms with Crippen molar-refractivity contribution in [3.05, 3.63) is 53.5 Å². The monoisotopic (exact) mass is 213 g/mol. The van der Waals surface area contributed by atoms with E-state index in [1.807, 2.05) is 24.3 Å². The van der Waals surface area contributed by atoms with E-state index in [1.165, 1.54) is 5.56 Å². The number of nitrogens with two attached hydrogens (primary N) is 1. The van der Waals surface area contributed by atoms with E-state index in [0.717, 1.165) is 24.4 Å². The van der Waals surface area contributed by atoms with Gasteiger partial charge < -0.3 is 5.73 Å². The van der Waals surface area contributed by atoms with Crippen LogP contribution in [-0.4, -0.2) is 9.97 Å². The average molecular weight is 213 g/mol. The zero-order valence-corrected chi connectivity index (χ0v) is 9.35. The van der Waals surface area contributed by atoms with Crippen LogP contribution in [0.5, 0.6) is 0 Å². The van der Waals surface area contributed by atoms with Crippen molar-refractivity contribution < 1.29 is 0 Å². The standard InChI is InChI=1S/C13H15N3/c1-2-11-9-12(14)16-13(15-11)8-10-6-4-3-5-7-10/h3-7,9H,2,8H2,1H3,(H2,14,15,16). The van der Waals surface area contributed by atoms with Crippen molar-refractivity contribution in [2.45, 2.75) is 19.8 Å². The first-order valence-corrected chi connectivity index (χ1v) is 5.44. The molecular weight excluding hydrogens is 198 g/mol. The molecule has 1 aromatic heterocycles. The average Bonchev–Trinajstić information content (AvgIpc) is 2.29. The summed E-state index contributed by atoms with van der Waals surface area (Å²) in [5.41, 5.74) is 7.94. The van der Waals surface area contributed by atoms with Crippen LogP contribution in [0.4, 0.5) is 5.82 Å². The summed E-state index contributed by atoms with van der Waals surface area (Å²) in [4.78, 5) is 8.70. The molecule has 0 saturated heterocycles. The molecular formula is C13H15N3. The van der Waals surface area contributed by atoms with E-state index in [2.05, 4.69) is 29.0 Å². The van der Waals surface area contributed by atoms with Crippen molar-refractivity contribution in [3.8, 4) is 0 Å². The van der Waals surface area contributed by atoms with Crippen LogP contribution in [0.3, 0.4) is 0 Å². The lowest BCUT2D eigenvalue weighted by Crippen LogP contribution is -2.03. The molecule has 2 rings (SSSR count). The number of hydrogen-bond donors (Lipinski definition) is 1. The Morgan fingerprint density at radius 2 is 1.88 bits per heavy atom. The summed E-state index contributed by atoms with van der Waals surface area (Å²) in [6, 6.07) is 12.0. The third kappa shape index (κ3) is 2.57. The topological polar surface area (TPSA) is 51.8 Å². The van der Waals surface area contributed by atoms with Crippen molar-refractivity contribution in [2.75, 3.05) is 5.73 Å². The molecule has 0 aliphatic carbocycles. The fraction of sp³-hybridized carbons (Fsp3) is 0.231. The van der Waals surface area contributed by atoms with Gasteiger partial charge in [-0.05, 0) is 12.0 Å². The van der Waals surface area contributed by atoms with E-state index in [4.69, 9.17) is 5.73 Å². The molecule has 2 aromatic rings. The number of aromatic nitrogens is 2. The Labute approximate surface area is 95.4 Å². The molecule has 3 nitrogen and oxygen atoms in total. The number of nitrogen functional groups attached to an aromatic ring is 1. The molecule has 0 radical (unpaired) electrons. The van der Waals surface area contributed by atoms with E-state index in [-0.39, 0.29) is 0 Å². The fourth-order valence-corrected chi connectivity index (χ4v) is 1.61. The van der Waals surface area contributed by atoms with Crippen LogP contribution >= 0.6 is 0 Å². The van der Waals surface area contributed by atoms with Crippen LogP contribution in [0.1, 0.15) is 24.0 Å². The highest BCUT2D eigenvalue weighted by atomic mass is 14.9. The Balaban J connectivity index is 2.24. The molecule has 3 heteroatoms. The molecule has 0 fully saturated rings. The molecule has 1 heterocycles. The molecule has 0 aliphatic rings. The SMILES string of the molecule is CCc1cc(N)nc(Cc2ccccc2)n1. The van der Waals surface area contributed by atoms with E-state index in [0.29, 0.717) is 5.82 Å². The van der Waals surface area contributed by atoms with Crippen molar-refractivity contribution in [1.82, 2.24) is 9.97 Å². The van der Waals surface area contributed by atoms with Crippen LogP contribution in [0.2, 0.25) is 0 Å². The second-order valence-corrected chi connectivity index (χ2v) is 3.72. The number of hydrogen-bond acceptors (Lipinski definition) is 3. The lowest BCUT2D eigenvalue weighted by molar-refractivity contribution is 0.911.